The number of rotatable bonds is 4. The Morgan fingerprint density at radius 1 is 1.20 bits per heavy atom. The van der Waals surface area contributed by atoms with Crippen LogP contribution in [0.3, 0.4) is 0 Å². The highest BCUT2D eigenvalue weighted by Crippen LogP contribution is 2.24. The van der Waals surface area contributed by atoms with Gasteiger partial charge in [0, 0.05) is 5.56 Å². The lowest BCUT2D eigenvalue weighted by molar-refractivity contribution is 0.335. The van der Waals surface area contributed by atoms with Gasteiger partial charge in [-0.15, -0.1) is 0 Å². The summed E-state index contributed by atoms with van der Waals surface area (Å²) in [6.45, 7) is 3.98. The Morgan fingerprint density at radius 3 is 2.35 bits per heavy atom. The maximum atomic E-state index is 13.1. The maximum Gasteiger partial charge on any atom is 0.243 e. The van der Waals surface area contributed by atoms with Crippen molar-refractivity contribution in [1.82, 2.24) is 10.1 Å². The zero-order chi connectivity index (χ0) is 14.9. The van der Waals surface area contributed by atoms with Gasteiger partial charge in [-0.3, -0.25) is 0 Å². The van der Waals surface area contributed by atoms with Crippen molar-refractivity contribution in [1.29, 1.82) is 0 Å². The molecule has 4 nitrogen and oxygen atoms in total. The van der Waals surface area contributed by atoms with E-state index in [2.05, 4.69) is 10.1 Å². The van der Waals surface area contributed by atoms with Gasteiger partial charge < -0.3 is 10.3 Å². The van der Waals surface area contributed by atoms with Crippen LogP contribution in [0.4, 0.5) is 13.2 Å². The zero-order valence-electron chi connectivity index (χ0n) is 11.0. The fourth-order valence-electron chi connectivity index (χ4n) is 1.80. The van der Waals surface area contributed by atoms with E-state index in [1.165, 1.54) is 0 Å². The largest absolute Gasteiger partial charge is 0.337 e. The Balaban J connectivity index is 2.29. The van der Waals surface area contributed by atoms with E-state index in [1.54, 1.807) is 0 Å². The maximum absolute atomic E-state index is 13.1. The van der Waals surface area contributed by atoms with Gasteiger partial charge in [-0.2, -0.15) is 4.98 Å². The number of aromatic nitrogens is 2. The molecule has 7 heteroatoms. The lowest BCUT2D eigenvalue weighted by Crippen LogP contribution is -2.13. The van der Waals surface area contributed by atoms with Gasteiger partial charge in [0.05, 0.1) is 6.04 Å². The van der Waals surface area contributed by atoms with Crippen LogP contribution >= 0.6 is 0 Å². The molecule has 0 saturated carbocycles. The fourth-order valence-corrected chi connectivity index (χ4v) is 1.80. The molecule has 2 aromatic rings. The van der Waals surface area contributed by atoms with E-state index in [-0.39, 0.29) is 17.3 Å². The number of nitrogens with two attached hydrogens (primary N) is 1. The van der Waals surface area contributed by atoms with Gasteiger partial charge in [0.2, 0.25) is 11.7 Å². The summed E-state index contributed by atoms with van der Waals surface area (Å²) in [7, 11) is 0. The van der Waals surface area contributed by atoms with E-state index in [1.807, 2.05) is 13.8 Å². The van der Waals surface area contributed by atoms with E-state index in [0.29, 0.717) is 12.3 Å². The second kappa shape index (κ2) is 5.62. The molecule has 0 aliphatic carbocycles. The van der Waals surface area contributed by atoms with Crippen LogP contribution in [0.15, 0.2) is 16.7 Å². The van der Waals surface area contributed by atoms with Crippen molar-refractivity contribution in [3.63, 3.8) is 0 Å². The topological polar surface area (TPSA) is 64.9 Å². The molecular formula is C13H14F3N3O. The Kier molecular flexibility index (Phi) is 4.08. The normalized spacial score (nSPS) is 12.9. The first-order chi connectivity index (χ1) is 9.38. The number of hydrogen-bond acceptors (Lipinski definition) is 4. The molecule has 0 aliphatic rings. The van der Waals surface area contributed by atoms with Gasteiger partial charge in [0.15, 0.2) is 17.5 Å². The van der Waals surface area contributed by atoms with E-state index in [9.17, 15) is 13.2 Å². The predicted octanol–water partition coefficient (Wildman–Crippen LogP) is 3.20. The minimum atomic E-state index is -1.53. The van der Waals surface area contributed by atoms with E-state index < -0.39 is 23.5 Å². The predicted molar refractivity (Wildman–Crippen MR) is 66.0 cm³/mol. The molecule has 1 aromatic carbocycles. The molecule has 0 aliphatic heterocycles. The van der Waals surface area contributed by atoms with Crippen molar-refractivity contribution in [3.8, 4) is 11.4 Å². The molecule has 0 saturated heterocycles. The summed E-state index contributed by atoms with van der Waals surface area (Å²) in [6, 6.07) is 1.16. The van der Waals surface area contributed by atoms with Crippen molar-refractivity contribution in [2.75, 3.05) is 0 Å². The molecule has 2 rings (SSSR count). The van der Waals surface area contributed by atoms with Gasteiger partial charge in [-0.1, -0.05) is 19.0 Å². The lowest BCUT2D eigenvalue weighted by atomic mass is 10.0. The van der Waals surface area contributed by atoms with Gasteiger partial charge in [-0.05, 0) is 24.5 Å². The summed E-state index contributed by atoms with van der Waals surface area (Å²) in [6.07, 6.45) is 0.633. The molecule has 2 N–H and O–H groups in total. The Hall–Kier alpha value is -1.89. The van der Waals surface area contributed by atoms with Crippen molar-refractivity contribution in [2.24, 2.45) is 11.7 Å². The third kappa shape index (κ3) is 2.98. The molecule has 0 radical (unpaired) electrons. The Bertz CT molecular complexity index is 590. The molecule has 0 spiro atoms. The highest BCUT2D eigenvalue weighted by Gasteiger charge is 2.19. The van der Waals surface area contributed by atoms with Crippen LogP contribution in [-0.4, -0.2) is 10.1 Å². The number of hydrogen-bond donors (Lipinski definition) is 1. The van der Waals surface area contributed by atoms with Crippen LogP contribution in [0.2, 0.25) is 0 Å². The third-order valence-electron chi connectivity index (χ3n) is 2.73. The Morgan fingerprint density at radius 2 is 1.80 bits per heavy atom. The molecule has 0 bridgehead atoms. The molecule has 1 aromatic heterocycles. The first-order valence-electron chi connectivity index (χ1n) is 6.12. The molecule has 0 unspecified atom stereocenters. The first-order valence-corrected chi connectivity index (χ1v) is 6.12. The van der Waals surface area contributed by atoms with Gasteiger partial charge in [0.1, 0.15) is 0 Å². The van der Waals surface area contributed by atoms with Gasteiger partial charge in [-0.25, -0.2) is 13.2 Å². The van der Waals surface area contributed by atoms with E-state index in [4.69, 9.17) is 10.3 Å². The summed E-state index contributed by atoms with van der Waals surface area (Å²) < 4.78 is 44.1. The SMILES string of the molecule is CC(C)C[C@H](N)c1nc(-c2cc(F)c(F)c(F)c2)no1. The number of nitrogens with zero attached hydrogens (tertiary/aromatic N) is 2. The molecule has 108 valence electrons. The molecule has 0 fully saturated rings. The standard InChI is InChI=1S/C13H14F3N3O/c1-6(2)3-10(17)13-18-12(19-20-13)7-4-8(14)11(16)9(15)5-7/h4-6,10H,3,17H2,1-2H3/t10-/m0/s1. The van der Waals surface area contributed by atoms with Crippen molar-refractivity contribution in [2.45, 2.75) is 26.3 Å². The second-order valence-corrected chi connectivity index (χ2v) is 4.95. The number of benzene rings is 1. The van der Waals surface area contributed by atoms with Crippen molar-refractivity contribution in [3.05, 3.63) is 35.5 Å². The van der Waals surface area contributed by atoms with Crippen LogP contribution in [0.5, 0.6) is 0 Å². The van der Waals surface area contributed by atoms with Crippen LogP contribution in [0, 0.1) is 23.4 Å². The quantitative estimate of drug-likeness (QED) is 0.876. The summed E-state index contributed by atoms with van der Waals surface area (Å²) >= 11 is 0. The molecular weight excluding hydrogens is 271 g/mol. The monoisotopic (exact) mass is 285 g/mol. The highest BCUT2D eigenvalue weighted by molar-refractivity contribution is 5.54. The van der Waals surface area contributed by atoms with Crippen LogP contribution < -0.4 is 5.73 Å². The third-order valence-corrected chi connectivity index (χ3v) is 2.73. The van der Waals surface area contributed by atoms with Gasteiger partial charge in [0.25, 0.3) is 0 Å². The Labute approximate surface area is 113 Å². The average Bonchev–Trinajstić information content (AvgIpc) is 2.84. The van der Waals surface area contributed by atoms with E-state index in [0.717, 1.165) is 12.1 Å². The van der Waals surface area contributed by atoms with Crippen molar-refractivity contribution >= 4 is 0 Å². The lowest BCUT2D eigenvalue weighted by Gasteiger charge is -2.08. The summed E-state index contributed by atoms with van der Waals surface area (Å²) in [4.78, 5) is 3.99. The first kappa shape index (κ1) is 14.5. The van der Waals surface area contributed by atoms with Crippen LogP contribution in [0.25, 0.3) is 11.4 Å². The second-order valence-electron chi connectivity index (χ2n) is 4.95. The molecule has 20 heavy (non-hydrogen) atoms. The molecule has 0 amide bonds. The smallest absolute Gasteiger partial charge is 0.243 e. The highest BCUT2D eigenvalue weighted by atomic mass is 19.2. The van der Waals surface area contributed by atoms with E-state index >= 15 is 0 Å². The van der Waals surface area contributed by atoms with Crippen LogP contribution in [-0.2, 0) is 0 Å². The summed E-state index contributed by atoms with van der Waals surface area (Å²) in [5, 5.41) is 3.60. The van der Waals surface area contributed by atoms with Gasteiger partial charge >= 0.3 is 0 Å². The molecule has 1 atom stereocenters. The number of halogens is 3. The zero-order valence-corrected chi connectivity index (χ0v) is 11.0. The molecule has 1 heterocycles. The summed E-state index contributed by atoms with van der Waals surface area (Å²) in [5.41, 5.74) is 5.86. The minimum Gasteiger partial charge on any atom is -0.337 e. The average molecular weight is 285 g/mol. The fraction of sp³-hybridized carbons (Fsp3) is 0.385. The minimum absolute atomic E-state index is 0.00635. The van der Waals surface area contributed by atoms with Crippen molar-refractivity contribution < 1.29 is 17.7 Å². The summed E-state index contributed by atoms with van der Waals surface area (Å²) in [5.74, 6) is -3.67. The van der Waals surface area contributed by atoms with Crippen LogP contribution in [0.1, 0.15) is 32.2 Å².